The Morgan fingerprint density at radius 1 is 1.00 bits per heavy atom. The number of anilines is 1. The van der Waals surface area contributed by atoms with Gasteiger partial charge in [-0.1, -0.05) is 36.8 Å². The molecule has 0 saturated carbocycles. The van der Waals surface area contributed by atoms with Crippen molar-refractivity contribution in [3.8, 4) is 0 Å². The van der Waals surface area contributed by atoms with Gasteiger partial charge in [0.05, 0.1) is 0 Å². The Morgan fingerprint density at radius 2 is 1.55 bits per heavy atom. The molecule has 0 heterocycles. The van der Waals surface area contributed by atoms with Crippen LogP contribution in [0.5, 0.6) is 0 Å². The number of hydrogen-bond donors (Lipinski definition) is 1. The van der Waals surface area contributed by atoms with E-state index in [0.29, 0.717) is 0 Å². The van der Waals surface area contributed by atoms with E-state index in [1.54, 1.807) is 0 Å². The molecule has 2 heteroatoms. The minimum Gasteiger partial charge on any atom is -0.322 e. The van der Waals surface area contributed by atoms with Crippen molar-refractivity contribution in [1.82, 2.24) is 0 Å². The van der Waals surface area contributed by atoms with Crippen LogP contribution in [0.25, 0.3) is 0 Å². The van der Waals surface area contributed by atoms with Crippen LogP contribution in [0.1, 0.15) is 39.5 Å². The molecule has 0 fully saturated rings. The molecule has 0 atom stereocenters. The van der Waals surface area contributed by atoms with Crippen LogP contribution in [0.15, 0.2) is 36.4 Å². The minimum atomic E-state index is -0.0377. The molecular weight excluding hydrogens is 246 g/mol. The Morgan fingerprint density at radius 3 is 2.05 bits per heavy atom. The van der Waals surface area contributed by atoms with Gasteiger partial charge in [-0.3, -0.25) is 4.79 Å². The lowest BCUT2D eigenvalue weighted by molar-refractivity contribution is 0.102. The zero-order valence-corrected chi connectivity index (χ0v) is 12.6. The lowest BCUT2D eigenvalue weighted by Crippen LogP contribution is -2.15. The van der Waals surface area contributed by atoms with E-state index in [-0.39, 0.29) is 5.91 Å². The van der Waals surface area contributed by atoms with Crippen LogP contribution < -0.4 is 5.32 Å². The molecule has 2 aromatic carbocycles. The molecule has 0 saturated heterocycles. The summed E-state index contributed by atoms with van der Waals surface area (Å²) in [6.07, 6.45) is 1.00. The number of hydrogen-bond acceptors (Lipinski definition) is 1. The van der Waals surface area contributed by atoms with E-state index in [1.165, 1.54) is 11.1 Å². The summed E-state index contributed by atoms with van der Waals surface area (Å²) >= 11 is 0. The Kier molecular flexibility index (Phi) is 4.23. The van der Waals surface area contributed by atoms with Crippen molar-refractivity contribution in [2.75, 3.05) is 5.32 Å². The molecule has 1 N–H and O–H groups in total. The third kappa shape index (κ3) is 3.08. The Labute approximate surface area is 120 Å². The Bertz CT molecular complexity index is 603. The summed E-state index contributed by atoms with van der Waals surface area (Å²) in [7, 11) is 0. The highest BCUT2D eigenvalue weighted by Gasteiger charge is 2.12. The SMILES string of the molecule is CCc1ccc(NC(=O)c2c(C)cc(C)cc2C)cc1. The first-order chi connectivity index (χ1) is 9.51. The van der Waals surface area contributed by atoms with Crippen molar-refractivity contribution in [3.05, 3.63) is 64.2 Å². The fraction of sp³-hybridized carbons (Fsp3) is 0.278. The van der Waals surface area contributed by atoms with Crippen molar-refractivity contribution in [2.45, 2.75) is 34.1 Å². The zero-order chi connectivity index (χ0) is 14.7. The van der Waals surface area contributed by atoms with Crippen LogP contribution in [0.2, 0.25) is 0 Å². The average molecular weight is 267 g/mol. The first kappa shape index (κ1) is 14.3. The van der Waals surface area contributed by atoms with Gasteiger partial charge in [0.25, 0.3) is 5.91 Å². The highest BCUT2D eigenvalue weighted by molar-refractivity contribution is 6.06. The quantitative estimate of drug-likeness (QED) is 0.876. The number of rotatable bonds is 3. The molecular formula is C18H21NO. The molecule has 0 aliphatic rings. The number of carbonyl (C=O) groups excluding carboxylic acids is 1. The second-order valence-corrected chi connectivity index (χ2v) is 5.28. The van der Waals surface area contributed by atoms with Crippen molar-refractivity contribution in [1.29, 1.82) is 0 Å². The first-order valence-electron chi connectivity index (χ1n) is 6.99. The van der Waals surface area contributed by atoms with E-state index in [4.69, 9.17) is 0 Å². The van der Waals surface area contributed by atoms with Crippen LogP contribution in [-0.2, 0) is 6.42 Å². The number of amides is 1. The predicted octanol–water partition coefficient (Wildman–Crippen LogP) is 4.43. The Balaban J connectivity index is 2.23. The topological polar surface area (TPSA) is 29.1 Å². The van der Waals surface area contributed by atoms with Crippen molar-refractivity contribution < 1.29 is 4.79 Å². The zero-order valence-electron chi connectivity index (χ0n) is 12.6. The van der Waals surface area contributed by atoms with E-state index in [1.807, 2.05) is 57.2 Å². The highest BCUT2D eigenvalue weighted by Crippen LogP contribution is 2.18. The maximum absolute atomic E-state index is 12.4. The van der Waals surface area contributed by atoms with Gasteiger partial charge >= 0.3 is 0 Å². The summed E-state index contributed by atoms with van der Waals surface area (Å²) in [4.78, 5) is 12.4. The van der Waals surface area contributed by atoms with Gasteiger partial charge in [0.1, 0.15) is 0 Å². The number of benzene rings is 2. The van der Waals surface area contributed by atoms with Gasteiger partial charge in [-0.2, -0.15) is 0 Å². The molecule has 0 radical (unpaired) electrons. The van der Waals surface area contributed by atoms with Crippen molar-refractivity contribution in [3.63, 3.8) is 0 Å². The lowest BCUT2D eigenvalue weighted by Gasteiger charge is -2.12. The molecule has 1 amide bonds. The summed E-state index contributed by atoms with van der Waals surface area (Å²) in [5.74, 6) is -0.0377. The molecule has 2 nitrogen and oxygen atoms in total. The van der Waals surface area contributed by atoms with Gasteiger partial charge in [0.2, 0.25) is 0 Å². The fourth-order valence-corrected chi connectivity index (χ4v) is 2.56. The maximum atomic E-state index is 12.4. The van der Waals surface area contributed by atoms with Crippen LogP contribution in [0.4, 0.5) is 5.69 Å². The highest BCUT2D eigenvalue weighted by atomic mass is 16.1. The van der Waals surface area contributed by atoms with E-state index >= 15 is 0 Å². The largest absolute Gasteiger partial charge is 0.322 e. The predicted molar refractivity (Wildman–Crippen MR) is 84.4 cm³/mol. The summed E-state index contributed by atoms with van der Waals surface area (Å²) in [6.45, 7) is 8.13. The van der Waals surface area contributed by atoms with E-state index < -0.39 is 0 Å². The fourth-order valence-electron chi connectivity index (χ4n) is 2.56. The summed E-state index contributed by atoms with van der Waals surface area (Å²) < 4.78 is 0. The van der Waals surface area contributed by atoms with Gasteiger partial charge in [-0.15, -0.1) is 0 Å². The van der Waals surface area contributed by atoms with E-state index in [9.17, 15) is 4.79 Å². The van der Waals surface area contributed by atoms with E-state index in [0.717, 1.165) is 28.8 Å². The van der Waals surface area contributed by atoms with Gasteiger partial charge in [0, 0.05) is 11.3 Å². The number of aryl methyl sites for hydroxylation is 4. The molecule has 0 bridgehead atoms. The smallest absolute Gasteiger partial charge is 0.256 e. The molecule has 2 rings (SSSR count). The first-order valence-corrected chi connectivity index (χ1v) is 6.99. The maximum Gasteiger partial charge on any atom is 0.256 e. The van der Waals surface area contributed by atoms with Crippen LogP contribution >= 0.6 is 0 Å². The molecule has 0 aliphatic heterocycles. The molecule has 2 aromatic rings. The van der Waals surface area contributed by atoms with Gasteiger partial charge in [-0.25, -0.2) is 0 Å². The van der Waals surface area contributed by atoms with Crippen LogP contribution in [0, 0.1) is 20.8 Å². The lowest BCUT2D eigenvalue weighted by atomic mass is 9.99. The number of carbonyl (C=O) groups is 1. The molecule has 0 aliphatic carbocycles. The number of nitrogens with one attached hydrogen (secondary N) is 1. The van der Waals surface area contributed by atoms with Gasteiger partial charge in [0.15, 0.2) is 0 Å². The molecule has 104 valence electrons. The third-order valence-corrected chi connectivity index (χ3v) is 3.52. The molecule has 0 unspecified atom stereocenters. The van der Waals surface area contributed by atoms with Crippen LogP contribution in [0.3, 0.4) is 0 Å². The summed E-state index contributed by atoms with van der Waals surface area (Å²) in [6, 6.07) is 12.1. The average Bonchev–Trinajstić information content (AvgIpc) is 2.38. The standard InChI is InChI=1S/C18H21NO/c1-5-15-6-8-16(9-7-15)19-18(20)17-13(3)10-12(2)11-14(17)4/h6-11H,5H2,1-4H3,(H,19,20). The van der Waals surface area contributed by atoms with Gasteiger partial charge < -0.3 is 5.32 Å². The van der Waals surface area contributed by atoms with E-state index in [2.05, 4.69) is 12.2 Å². The summed E-state index contributed by atoms with van der Waals surface area (Å²) in [5.41, 5.74) is 6.10. The third-order valence-electron chi connectivity index (χ3n) is 3.52. The summed E-state index contributed by atoms with van der Waals surface area (Å²) in [5, 5.41) is 2.97. The van der Waals surface area contributed by atoms with Gasteiger partial charge in [-0.05, 0) is 56.0 Å². The minimum absolute atomic E-state index is 0.0377. The molecule has 20 heavy (non-hydrogen) atoms. The van der Waals surface area contributed by atoms with Crippen molar-refractivity contribution >= 4 is 11.6 Å². The monoisotopic (exact) mass is 267 g/mol. The second-order valence-electron chi connectivity index (χ2n) is 5.28. The molecule has 0 aromatic heterocycles. The van der Waals surface area contributed by atoms with Crippen molar-refractivity contribution in [2.24, 2.45) is 0 Å². The van der Waals surface area contributed by atoms with Crippen LogP contribution in [-0.4, -0.2) is 5.91 Å². The second kappa shape index (κ2) is 5.91. The normalized spacial score (nSPS) is 10.4. The Hall–Kier alpha value is -2.09. The molecule has 0 spiro atoms.